The van der Waals surface area contributed by atoms with Crippen LogP contribution < -0.4 is 0 Å². The van der Waals surface area contributed by atoms with E-state index in [0.717, 1.165) is 17.4 Å². The average Bonchev–Trinajstić information content (AvgIpc) is 2.85. The highest BCUT2D eigenvalue weighted by molar-refractivity contribution is 5.75. The first-order valence-corrected chi connectivity index (χ1v) is 12.2. The van der Waals surface area contributed by atoms with Crippen molar-refractivity contribution in [2.45, 2.75) is 59.9 Å². The number of carbonyl (C=O) groups excluding carboxylic acids is 2. The molecule has 6 heteroatoms. The lowest BCUT2D eigenvalue weighted by Gasteiger charge is -2.30. The fourth-order valence-corrected chi connectivity index (χ4v) is 3.36. The van der Waals surface area contributed by atoms with Crippen LogP contribution in [0.4, 0.5) is 0 Å². The largest absolute Gasteiger partial charge is 0.460 e. The third kappa shape index (κ3) is 10.7. The molecular weight excluding hydrogens is 444 g/mol. The summed E-state index contributed by atoms with van der Waals surface area (Å²) in [4.78, 5) is 24.0. The van der Waals surface area contributed by atoms with E-state index in [1.165, 1.54) is 0 Å². The Labute approximate surface area is 209 Å². The summed E-state index contributed by atoms with van der Waals surface area (Å²) in [5, 5.41) is 0. The fourth-order valence-electron chi connectivity index (χ4n) is 3.36. The third-order valence-corrected chi connectivity index (χ3v) is 6.07. The van der Waals surface area contributed by atoms with E-state index in [4.69, 9.17) is 18.9 Å². The quantitative estimate of drug-likeness (QED) is 0.171. The highest BCUT2D eigenvalue weighted by Gasteiger charge is 2.30. The summed E-state index contributed by atoms with van der Waals surface area (Å²) in [7, 11) is 0. The first-order chi connectivity index (χ1) is 16.7. The van der Waals surface area contributed by atoms with Crippen molar-refractivity contribution in [1.29, 1.82) is 0 Å². The number of aldehydes is 1. The molecule has 0 amide bonds. The van der Waals surface area contributed by atoms with Crippen LogP contribution in [0.5, 0.6) is 0 Å². The summed E-state index contributed by atoms with van der Waals surface area (Å²) in [6.07, 6.45) is 1.61. The summed E-state index contributed by atoms with van der Waals surface area (Å²) in [6.45, 7) is 10.3. The molecule has 0 aliphatic heterocycles. The molecule has 35 heavy (non-hydrogen) atoms. The molecule has 0 aliphatic rings. The summed E-state index contributed by atoms with van der Waals surface area (Å²) in [6, 6.07) is 19.5. The van der Waals surface area contributed by atoms with Crippen molar-refractivity contribution in [1.82, 2.24) is 0 Å². The molecule has 6 nitrogen and oxygen atoms in total. The summed E-state index contributed by atoms with van der Waals surface area (Å²) < 4.78 is 22.7. The number of benzene rings is 2. The number of hydrogen-bond acceptors (Lipinski definition) is 6. The van der Waals surface area contributed by atoms with E-state index in [1.54, 1.807) is 0 Å². The summed E-state index contributed by atoms with van der Waals surface area (Å²) in [5.74, 6) is -0.234. The van der Waals surface area contributed by atoms with Crippen LogP contribution in [0.25, 0.3) is 0 Å². The van der Waals surface area contributed by atoms with E-state index in [0.29, 0.717) is 45.9 Å². The fraction of sp³-hybridized carbons (Fsp3) is 0.517. The number of hydrogen-bond donors (Lipinski definition) is 0. The van der Waals surface area contributed by atoms with E-state index in [-0.39, 0.29) is 18.0 Å². The standard InChI is InChI=1S/C29H40O6/c1-28(2,26(21-30)34-22-24-11-7-5-8-12-24)15-17-32-19-20-33-18-16-29(3,4)27(31)35-23-25-13-9-6-10-14-25/h5-14,21,26H,15-20,22-23H2,1-4H3. The van der Waals surface area contributed by atoms with Crippen LogP contribution in [0.15, 0.2) is 60.7 Å². The third-order valence-electron chi connectivity index (χ3n) is 6.07. The topological polar surface area (TPSA) is 71.1 Å². The maximum Gasteiger partial charge on any atom is 0.311 e. The summed E-state index contributed by atoms with van der Waals surface area (Å²) in [5.41, 5.74) is 1.04. The van der Waals surface area contributed by atoms with Crippen LogP contribution in [0, 0.1) is 10.8 Å². The Bertz CT molecular complexity index is 863. The Balaban J connectivity index is 1.57. The Morgan fingerprint density at radius 2 is 1.29 bits per heavy atom. The van der Waals surface area contributed by atoms with Crippen molar-refractivity contribution >= 4 is 12.3 Å². The zero-order valence-corrected chi connectivity index (χ0v) is 21.5. The lowest BCUT2D eigenvalue weighted by atomic mass is 9.84. The maximum atomic E-state index is 12.4. The van der Waals surface area contributed by atoms with Gasteiger partial charge in [0.1, 0.15) is 19.0 Å². The van der Waals surface area contributed by atoms with Gasteiger partial charge in [-0.05, 0) is 43.2 Å². The van der Waals surface area contributed by atoms with Crippen molar-refractivity contribution in [3.63, 3.8) is 0 Å². The molecule has 0 radical (unpaired) electrons. The molecule has 0 saturated carbocycles. The Hall–Kier alpha value is -2.54. The van der Waals surface area contributed by atoms with E-state index in [9.17, 15) is 9.59 Å². The van der Waals surface area contributed by atoms with Gasteiger partial charge in [-0.1, -0.05) is 74.5 Å². The molecule has 0 fully saturated rings. The molecular formula is C29H40O6. The van der Waals surface area contributed by atoms with Crippen molar-refractivity contribution < 1.29 is 28.5 Å². The van der Waals surface area contributed by atoms with Gasteiger partial charge in [0.2, 0.25) is 0 Å². The molecule has 0 N–H and O–H groups in total. The normalized spacial score (nSPS) is 12.8. The van der Waals surface area contributed by atoms with Crippen LogP contribution in [0.3, 0.4) is 0 Å². The van der Waals surface area contributed by atoms with Crippen molar-refractivity contribution in [3.8, 4) is 0 Å². The maximum absolute atomic E-state index is 12.4. The SMILES string of the molecule is CC(C)(CCOCCOCCC(C)(C)C(C=O)OCc1ccccc1)C(=O)OCc1ccccc1. The van der Waals surface area contributed by atoms with Crippen molar-refractivity contribution in [2.75, 3.05) is 26.4 Å². The minimum Gasteiger partial charge on any atom is -0.460 e. The molecule has 0 saturated heterocycles. The van der Waals surface area contributed by atoms with Crippen LogP contribution >= 0.6 is 0 Å². The predicted molar refractivity (Wildman–Crippen MR) is 136 cm³/mol. The van der Waals surface area contributed by atoms with Gasteiger partial charge in [-0.15, -0.1) is 0 Å². The number of ether oxygens (including phenoxy) is 4. The van der Waals surface area contributed by atoms with Gasteiger partial charge in [0.15, 0.2) is 0 Å². The van der Waals surface area contributed by atoms with Crippen LogP contribution in [0.1, 0.15) is 51.7 Å². The van der Waals surface area contributed by atoms with E-state index in [2.05, 4.69) is 0 Å². The number of esters is 1. The highest BCUT2D eigenvalue weighted by Crippen LogP contribution is 2.27. The number of carbonyl (C=O) groups is 2. The van der Waals surface area contributed by atoms with E-state index in [1.807, 2.05) is 88.4 Å². The predicted octanol–water partition coefficient (Wildman–Crippen LogP) is 5.38. The van der Waals surface area contributed by atoms with E-state index >= 15 is 0 Å². The monoisotopic (exact) mass is 484 g/mol. The van der Waals surface area contributed by atoms with Gasteiger partial charge in [-0.25, -0.2) is 0 Å². The second-order valence-electron chi connectivity index (χ2n) is 10.0. The molecule has 1 atom stereocenters. The van der Waals surface area contributed by atoms with Gasteiger partial charge < -0.3 is 23.7 Å². The molecule has 0 bridgehead atoms. The molecule has 2 aromatic carbocycles. The molecule has 0 heterocycles. The average molecular weight is 485 g/mol. The zero-order valence-electron chi connectivity index (χ0n) is 21.5. The highest BCUT2D eigenvalue weighted by atomic mass is 16.5. The van der Waals surface area contributed by atoms with Gasteiger partial charge in [0.05, 0.1) is 25.2 Å². The second kappa shape index (κ2) is 14.8. The Morgan fingerprint density at radius 3 is 1.83 bits per heavy atom. The van der Waals surface area contributed by atoms with Gasteiger partial charge in [0, 0.05) is 13.2 Å². The van der Waals surface area contributed by atoms with Gasteiger partial charge in [0.25, 0.3) is 0 Å². The van der Waals surface area contributed by atoms with Crippen LogP contribution in [-0.2, 0) is 41.8 Å². The van der Waals surface area contributed by atoms with Gasteiger partial charge in [-0.2, -0.15) is 0 Å². The second-order valence-corrected chi connectivity index (χ2v) is 10.0. The molecule has 0 spiro atoms. The Kier molecular flexibility index (Phi) is 12.1. The smallest absolute Gasteiger partial charge is 0.311 e. The first kappa shape index (κ1) is 28.7. The molecule has 0 aromatic heterocycles. The number of rotatable bonds is 17. The zero-order chi connectivity index (χ0) is 25.6. The molecule has 2 aromatic rings. The minimum absolute atomic E-state index is 0.234. The summed E-state index contributed by atoms with van der Waals surface area (Å²) >= 11 is 0. The molecule has 2 rings (SSSR count). The van der Waals surface area contributed by atoms with Gasteiger partial charge in [-0.3, -0.25) is 4.79 Å². The van der Waals surface area contributed by atoms with Crippen molar-refractivity contribution in [2.24, 2.45) is 10.8 Å². The molecule has 0 aliphatic carbocycles. The lowest BCUT2D eigenvalue weighted by molar-refractivity contribution is -0.156. The van der Waals surface area contributed by atoms with Crippen LogP contribution in [0.2, 0.25) is 0 Å². The lowest BCUT2D eigenvalue weighted by Crippen LogP contribution is -2.34. The first-order valence-electron chi connectivity index (χ1n) is 12.2. The van der Waals surface area contributed by atoms with Crippen molar-refractivity contribution in [3.05, 3.63) is 71.8 Å². The molecule has 1 unspecified atom stereocenters. The Morgan fingerprint density at radius 1 is 0.771 bits per heavy atom. The van der Waals surface area contributed by atoms with Crippen LogP contribution in [-0.4, -0.2) is 44.8 Å². The molecule has 192 valence electrons. The van der Waals surface area contributed by atoms with Gasteiger partial charge >= 0.3 is 5.97 Å². The minimum atomic E-state index is -0.622. The van der Waals surface area contributed by atoms with E-state index < -0.39 is 11.5 Å².